The molecular formula is C12H11N3. The molecular weight excluding hydrogens is 186 g/mol. The Balaban J connectivity index is 2.42. The van der Waals surface area contributed by atoms with Crippen LogP contribution in [-0.2, 0) is 0 Å². The number of nitrogens with one attached hydrogen (secondary N) is 1. The summed E-state index contributed by atoms with van der Waals surface area (Å²) >= 11 is 0. The standard InChI is InChI=1S/C12H11N3/c13-10-4-1-3-8-9(10)7-15-11-5-2-6-14-12(8)11/h1-5,7,14H,6,13H2. The number of nitrogens with zero attached hydrogens (tertiary/aromatic N) is 1. The molecule has 74 valence electrons. The van der Waals surface area contributed by atoms with Crippen LogP contribution in [0.2, 0.25) is 0 Å². The van der Waals surface area contributed by atoms with E-state index in [2.05, 4.69) is 22.4 Å². The maximum Gasteiger partial charge on any atom is 0.0865 e. The van der Waals surface area contributed by atoms with Gasteiger partial charge in [0.2, 0.25) is 0 Å². The van der Waals surface area contributed by atoms with Crippen molar-refractivity contribution in [3.05, 3.63) is 36.2 Å². The van der Waals surface area contributed by atoms with E-state index >= 15 is 0 Å². The van der Waals surface area contributed by atoms with Crippen LogP contribution in [0.4, 0.5) is 11.4 Å². The topological polar surface area (TPSA) is 50.9 Å². The maximum absolute atomic E-state index is 5.90. The van der Waals surface area contributed by atoms with Crippen molar-refractivity contribution < 1.29 is 0 Å². The van der Waals surface area contributed by atoms with Crippen LogP contribution >= 0.6 is 0 Å². The smallest absolute Gasteiger partial charge is 0.0865 e. The van der Waals surface area contributed by atoms with Crippen molar-refractivity contribution in [1.29, 1.82) is 0 Å². The van der Waals surface area contributed by atoms with Gasteiger partial charge < -0.3 is 11.1 Å². The highest BCUT2D eigenvalue weighted by Crippen LogP contribution is 2.31. The van der Waals surface area contributed by atoms with Gasteiger partial charge in [0, 0.05) is 29.2 Å². The summed E-state index contributed by atoms with van der Waals surface area (Å²) in [4.78, 5) is 4.38. The summed E-state index contributed by atoms with van der Waals surface area (Å²) in [5.74, 6) is 0. The number of rotatable bonds is 0. The third kappa shape index (κ3) is 1.16. The van der Waals surface area contributed by atoms with Gasteiger partial charge in [-0.15, -0.1) is 0 Å². The highest BCUT2D eigenvalue weighted by molar-refractivity contribution is 6.02. The number of aromatic nitrogens is 1. The van der Waals surface area contributed by atoms with E-state index < -0.39 is 0 Å². The van der Waals surface area contributed by atoms with Crippen molar-refractivity contribution >= 4 is 28.2 Å². The number of pyridine rings is 1. The monoisotopic (exact) mass is 197 g/mol. The highest BCUT2D eigenvalue weighted by atomic mass is 14.9. The van der Waals surface area contributed by atoms with E-state index in [0.717, 1.165) is 34.4 Å². The Bertz CT molecular complexity index is 558. The van der Waals surface area contributed by atoms with Crippen molar-refractivity contribution in [3.63, 3.8) is 0 Å². The summed E-state index contributed by atoms with van der Waals surface area (Å²) in [6, 6.07) is 5.94. The van der Waals surface area contributed by atoms with E-state index in [4.69, 9.17) is 5.73 Å². The van der Waals surface area contributed by atoms with Crippen molar-refractivity contribution in [2.45, 2.75) is 0 Å². The number of benzene rings is 1. The normalized spacial score (nSPS) is 13.6. The quantitative estimate of drug-likeness (QED) is 0.637. The van der Waals surface area contributed by atoms with Crippen LogP contribution in [0.1, 0.15) is 5.69 Å². The van der Waals surface area contributed by atoms with Crippen molar-refractivity contribution in [2.75, 3.05) is 17.6 Å². The first-order valence-electron chi connectivity index (χ1n) is 4.94. The van der Waals surface area contributed by atoms with Gasteiger partial charge in [-0.05, 0) is 12.1 Å². The SMILES string of the molecule is Nc1cccc2c3c(ncc12)C=CCN3. The minimum atomic E-state index is 0.777. The fraction of sp³-hybridized carbons (Fsp3) is 0.0833. The Hall–Kier alpha value is -2.03. The summed E-state index contributed by atoms with van der Waals surface area (Å²) in [5.41, 5.74) is 8.75. The molecule has 0 atom stereocenters. The van der Waals surface area contributed by atoms with Gasteiger partial charge in [-0.1, -0.05) is 18.2 Å². The molecule has 0 amide bonds. The van der Waals surface area contributed by atoms with Crippen molar-refractivity contribution in [3.8, 4) is 0 Å². The summed E-state index contributed by atoms with van der Waals surface area (Å²) in [6.07, 6.45) is 5.93. The Labute approximate surface area is 87.6 Å². The van der Waals surface area contributed by atoms with E-state index in [1.165, 1.54) is 0 Å². The highest BCUT2D eigenvalue weighted by Gasteiger charge is 2.10. The van der Waals surface area contributed by atoms with Gasteiger partial charge in [-0.2, -0.15) is 0 Å². The minimum Gasteiger partial charge on any atom is -0.398 e. The van der Waals surface area contributed by atoms with Gasteiger partial charge in [0.05, 0.1) is 11.4 Å². The molecule has 0 saturated heterocycles. The Morgan fingerprint density at radius 3 is 3.13 bits per heavy atom. The lowest BCUT2D eigenvalue weighted by molar-refractivity contribution is 1.24. The first-order chi connectivity index (χ1) is 7.36. The molecule has 3 nitrogen and oxygen atoms in total. The Morgan fingerprint density at radius 2 is 2.20 bits per heavy atom. The lowest BCUT2D eigenvalue weighted by atomic mass is 10.1. The van der Waals surface area contributed by atoms with Crippen molar-refractivity contribution in [2.24, 2.45) is 0 Å². The molecule has 0 unspecified atom stereocenters. The Morgan fingerprint density at radius 1 is 1.27 bits per heavy atom. The molecule has 0 fully saturated rings. The number of fused-ring (bicyclic) bond motifs is 3. The van der Waals surface area contributed by atoms with Crippen molar-refractivity contribution in [1.82, 2.24) is 4.98 Å². The summed E-state index contributed by atoms with van der Waals surface area (Å²) in [5, 5.41) is 5.48. The van der Waals surface area contributed by atoms with E-state index in [1.807, 2.05) is 24.4 Å². The van der Waals surface area contributed by atoms with Crippen LogP contribution in [0.5, 0.6) is 0 Å². The van der Waals surface area contributed by atoms with E-state index in [9.17, 15) is 0 Å². The first kappa shape index (κ1) is 8.29. The molecule has 3 rings (SSSR count). The van der Waals surface area contributed by atoms with Crippen LogP contribution in [0.15, 0.2) is 30.5 Å². The van der Waals surface area contributed by atoms with E-state index in [0.29, 0.717) is 0 Å². The second-order valence-corrected chi connectivity index (χ2v) is 3.61. The number of hydrogen-bond acceptors (Lipinski definition) is 3. The Kier molecular flexibility index (Phi) is 1.65. The molecule has 0 saturated carbocycles. The average molecular weight is 197 g/mol. The molecule has 2 heterocycles. The summed E-state index contributed by atoms with van der Waals surface area (Å²) in [6.45, 7) is 0.850. The second kappa shape index (κ2) is 2.98. The molecule has 1 aliphatic heterocycles. The largest absolute Gasteiger partial charge is 0.398 e. The minimum absolute atomic E-state index is 0.777. The molecule has 0 radical (unpaired) electrons. The zero-order valence-electron chi connectivity index (χ0n) is 8.20. The average Bonchev–Trinajstić information content (AvgIpc) is 2.29. The van der Waals surface area contributed by atoms with Crippen LogP contribution in [0, 0.1) is 0 Å². The zero-order valence-corrected chi connectivity index (χ0v) is 8.20. The van der Waals surface area contributed by atoms with Crippen LogP contribution in [0.3, 0.4) is 0 Å². The predicted octanol–water partition coefficient (Wildman–Crippen LogP) is 2.26. The maximum atomic E-state index is 5.90. The van der Waals surface area contributed by atoms with Gasteiger partial charge in [0.15, 0.2) is 0 Å². The van der Waals surface area contributed by atoms with Gasteiger partial charge in [-0.25, -0.2) is 0 Å². The predicted molar refractivity (Wildman–Crippen MR) is 63.7 cm³/mol. The van der Waals surface area contributed by atoms with E-state index in [1.54, 1.807) is 0 Å². The lowest BCUT2D eigenvalue weighted by Crippen LogP contribution is -2.06. The number of anilines is 2. The van der Waals surface area contributed by atoms with Gasteiger partial charge in [0.1, 0.15) is 0 Å². The van der Waals surface area contributed by atoms with Crippen LogP contribution < -0.4 is 11.1 Å². The zero-order chi connectivity index (χ0) is 10.3. The molecule has 15 heavy (non-hydrogen) atoms. The molecule has 2 aromatic rings. The summed E-state index contributed by atoms with van der Waals surface area (Å²) < 4.78 is 0. The van der Waals surface area contributed by atoms with Gasteiger partial charge in [0.25, 0.3) is 0 Å². The third-order valence-corrected chi connectivity index (χ3v) is 2.67. The van der Waals surface area contributed by atoms with Crippen LogP contribution in [-0.4, -0.2) is 11.5 Å². The summed E-state index contributed by atoms with van der Waals surface area (Å²) in [7, 11) is 0. The second-order valence-electron chi connectivity index (χ2n) is 3.61. The third-order valence-electron chi connectivity index (χ3n) is 2.67. The molecule has 1 aliphatic rings. The molecule has 3 N–H and O–H groups in total. The number of hydrogen-bond donors (Lipinski definition) is 2. The lowest BCUT2D eigenvalue weighted by Gasteiger charge is -2.15. The van der Waals surface area contributed by atoms with Gasteiger partial charge >= 0.3 is 0 Å². The van der Waals surface area contributed by atoms with E-state index in [-0.39, 0.29) is 0 Å². The van der Waals surface area contributed by atoms with Gasteiger partial charge in [-0.3, -0.25) is 4.98 Å². The molecule has 0 spiro atoms. The fourth-order valence-corrected chi connectivity index (χ4v) is 1.93. The van der Waals surface area contributed by atoms with Crippen LogP contribution in [0.25, 0.3) is 16.8 Å². The molecule has 1 aromatic carbocycles. The molecule has 1 aromatic heterocycles. The molecule has 0 bridgehead atoms. The molecule has 0 aliphatic carbocycles. The fourth-order valence-electron chi connectivity index (χ4n) is 1.93. The number of nitrogens with two attached hydrogens (primary N) is 1. The first-order valence-corrected chi connectivity index (χ1v) is 4.94. The number of nitrogen functional groups attached to an aromatic ring is 1. The molecule has 3 heteroatoms.